The number of benzene rings is 3. The molecule has 2 amide bonds. The minimum Gasteiger partial charge on any atom is -0.481 e. The number of rotatable bonds is 13. The van der Waals surface area contributed by atoms with E-state index in [1.54, 1.807) is 19.2 Å². The van der Waals surface area contributed by atoms with Crippen LogP contribution in [0.3, 0.4) is 0 Å². The number of anilines is 2. The number of carboxylic acids is 1. The third-order valence-corrected chi connectivity index (χ3v) is 10.3. The van der Waals surface area contributed by atoms with Crippen LogP contribution in [0.1, 0.15) is 63.4 Å². The van der Waals surface area contributed by atoms with E-state index in [-0.39, 0.29) is 23.8 Å². The number of nitrogens with one attached hydrogen (secondary N) is 3. The second-order valence-electron chi connectivity index (χ2n) is 13.7. The molecule has 0 radical (unpaired) electrons. The maximum Gasteiger partial charge on any atom is 0.307 e. The van der Waals surface area contributed by atoms with Gasteiger partial charge in [0.15, 0.2) is 10.8 Å². The molecule has 15 heteroatoms. The van der Waals surface area contributed by atoms with E-state index in [9.17, 15) is 19.5 Å². The Morgan fingerprint density at radius 3 is 1.96 bits per heavy atom. The van der Waals surface area contributed by atoms with Gasteiger partial charge in [0, 0.05) is 10.8 Å². The predicted octanol–water partition coefficient (Wildman–Crippen LogP) is 4.98. The number of tetrazole rings is 1. The lowest BCUT2D eigenvalue weighted by Gasteiger charge is -2.42. The fourth-order valence-corrected chi connectivity index (χ4v) is 6.76. The van der Waals surface area contributed by atoms with E-state index >= 15 is 0 Å². The molecule has 4 N–H and O–H groups in total. The molecule has 14 nitrogen and oxygen atoms in total. The van der Waals surface area contributed by atoms with Gasteiger partial charge < -0.3 is 20.6 Å². The highest BCUT2D eigenvalue weighted by Gasteiger charge is 2.49. The summed E-state index contributed by atoms with van der Waals surface area (Å²) in [6.45, 7) is 8.85. The number of nitrogens with zero attached hydrogens (tertiary/aromatic N) is 6. The average molecular weight is 722 g/mol. The smallest absolute Gasteiger partial charge is 0.307 e. The minimum absolute atomic E-state index is 0.0868. The van der Waals surface area contributed by atoms with E-state index in [0.717, 1.165) is 16.7 Å². The number of aliphatic carboxylic acids is 1. The first-order valence-corrected chi connectivity index (χ1v) is 17.5. The van der Waals surface area contributed by atoms with E-state index in [0.29, 0.717) is 5.13 Å². The topological polar surface area (TPSA) is 188 Å². The van der Waals surface area contributed by atoms with E-state index in [2.05, 4.69) is 36.4 Å². The SMILES string of the molecule is C[C@H]1[C@H](NC(=O)C(=NOC(C)(CC(=O)O)C(C)(C)C)c2csc(NC(c3ccccc3)(c3ccccc3)c3ccccc3)n2)C(=O)N1c1nn[nH]n1. The molecule has 1 fully saturated rings. The lowest BCUT2D eigenvalue weighted by atomic mass is 9.76. The van der Waals surface area contributed by atoms with Crippen LogP contribution >= 0.6 is 11.3 Å². The van der Waals surface area contributed by atoms with Crippen molar-refractivity contribution in [1.29, 1.82) is 0 Å². The van der Waals surface area contributed by atoms with Gasteiger partial charge in [-0.2, -0.15) is 5.21 Å². The van der Waals surface area contributed by atoms with Gasteiger partial charge in [-0.1, -0.05) is 122 Å². The zero-order valence-corrected chi connectivity index (χ0v) is 30.1. The van der Waals surface area contributed by atoms with Crippen LogP contribution in [0.2, 0.25) is 0 Å². The molecule has 52 heavy (non-hydrogen) atoms. The average Bonchev–Trinajstić information content (AvgIpc) is 3.83. The molecule has 1 aliphatic heterocycles. The summed E-state index contributed by atoms with van der Waals surface area (Å²) in [6, 6.07) is 28.5. The van der Waals surface area contributed by atoms with Crippen molar-refractivity contribution in [3.05, 3.63) is 119 Å². The highest BCUT2D eigenvalue weighted by Crippen LogP contribution is 2.41. The van der Waals surface area contributed by atoms with E-state index in [1.165, 1.54) is 16.2 Å². The van der Waals surface area contributed by atoms with E-state index in [4.69, 9.17) is 9.82 Å². The molecule has 0 aliphatic carbocycles. The summed E-state index contributed by atoms with van der Waals surface area (Å²) in [5, 5.41) is 36.2. The Kier molecular flexibility index (Phi) is 9.89. The molecule has 0 bridgehead atoms. The van der Waals surface area contributed by atoms with Crippen molar-refractivity contribution in [1.82, 2.24) is 30.9 Å². The standard InChI is InChI=1S/C37H39N9O5S/c1-23-29(32(50)46(23)33-41-44-45-42-33)39-31(49)30(43-51-36(5,21-28(47)48)35(2,3)4)27-22-52-34(38-27)40-37(24-15-9-6-10-16-24,25-17-11-7-12-18-25)26-19-13-8-14-20-26/h6-20,22-23,29H,21H2,1-5H3,(H,38,40)(H,39,49)(H,47,48)(H,41,42,44,45)/t23-,29-,36?/m0/s1. The van der Waals surface area contributed by atoms with Crippen LogP contribution < -0.4 is 15.5 Å². The predicted molar refractivity (Wildman–Crippen MR) is 196 cm³/mol. The third-order valence-electron chi connectivity index (χ3n) is 9.52. The number of oxime groups is 1. The van der Waals surface area contributed by atoms with Gasteiger partial charge >= 0.3 is 5.97 Å². The molecular formula is C37H39N9O5S. The van der Waals surface area contributed by atoms with Gasteiger partial charge in [0.1, 0.15) is 22.9 Å². The summed E-state index contributed by atoms with van der Waals surface area (Å²) in [6.07, 6.45) is -0.385. The number of amides is 2. The zero-order valence-electron chi connectivity index (χ0n) is 29.3. The summed E-state index contributed by atoms with van der Waals surface area (Å²) in [7, 11) is 0. The van der Waals surface area contributed by atoms with Gasteiger partial charge in [-0.3, -0.25) is 19.3 Å². The molecule has 1 saturated heterocycles. The Morgan fingerprint density at radius 1 is 0.942 bits per heavy atom. The molecule has 0 saturated carbocycles. The number of thiazole rings is 1. The van der Waals surface area contributed by atoms with Gasteiger partial charge in [-0.05, 0) is 35.8 Å². The van der Waals surface area contributed by atoms with Crippen LogP contribution in [0.15, 0.2) is 102 Å². The van der Waals surface area contributed by atoms with Crippen LogP contribution in [-0.4, -0.2) is 71.9 Å². The van der Waals surface area contributed by atoms with Crippen molar-refractivity contribution in [2.24, 2.45) is 10.6 Å². The molecule has 2 aromatic heterocycles. The molecule has 0 spiro atoms. The molecular weight excluding hydrogens is 683 g/mol. The Bertz CT molecular complexity index is 1950. The Morgan fingerprint density at radius 2 is 1.50 bits per heavy atom. The Labute approximate surface area is 304 Å². The molecule has 1 aliphatic rings. The van der Waals surface area contributed by atoms with Crippen molar-refractivity contribution in [3.8, 4) is 0 Å². The summed E-state index contributed by atoms with van der Waals surface area (Å²) in [4.78, 5) is 51.3. The first-order chi connectivity index (χ1) is 24.8. The number of β-lactam (4-membered cyclic amide) rings is 1. The number of carboxylic acid groups (broad SMARTS) is 1. The van der Waals surface area contributed by atoms with Gasteiger partial charge in [-0.15, -0.1) is 16.4 Å². The zero-order chi connectivity index (χ0) is 37.1. The number of aromatic amines is 1. The van der Waals surface area contributed by atoms with Crippen LogP contribution in [0.5, 0.6) is 0 Å². The third kappa shape index (κ3) is 6.86. The quantitative estimate of drug-likeness (QED) is 0.0559. The number of carbonyl (C=O) groups excluding carboxylic acids is 2. The minimum atomic E-state index is -1.32. The van der Waals surface area contributed by atoms with Crippen molar-refractivity contribution in [2.45, 2.75) is 64.3 Å². The molecule has 268 valence electrons. The van der Waals surface area contributed by atoms with E-state index in [1.807, 2.05) is 112 Å². The lowest BCUT2D eigenvalue weighted by molar-refractivity contribution is -0.155. The van der Waals surface area contributed by atoms with Gasteiger partial charge in [0.2, 0.25) is 0 Å². The Balaban J connectivity index is 1.40. The van der Waals surface area contributed by atoms with Crippen molar-refractivity contribution < 1.29 is 24.3 Å². The Hall–Kier alpha value is -5.96. The highest BCUT2D eigenvalue weighted by molar-refractivity contribution is 7.14. The summed E-state index contributed by atoms with van der Waals surface area (Å²) in [5.41, 5.74) is -0.114. The number of hydrogen-bond donors (Lipinski definition) is 4. The van der Waals surface area contributed by atoms with Crippen molar-refractivity contribution >= 4 is 45.9 Å². The van der Waals surface area contributed by atoms with Crippen LogP contribution in [0, 0.1) is 5.41 Å². The highest BCUT2D eigenvalue weighted by atomic mass is 32.1. The number of aromatic nitrogens is 5. The van der Waals surface area contributed by atoms with Gasteiger partial charge in [-0.25, -0.2) is 4.98 Å². The van der Waals surface area contributed by atoms with Crippen LogP contribution in [0.25, 0.3) is 0 Å². The maximum atomic E-state index is 14.1. The van der Waals surface area contributed by atoms with Crippen molar-refractivity contribution in [3.63, 3.8) is 0 Å². The number of carbonyl (C=O) groups is 3. The van der Waals surface area contributed by atoms with Gasteiger partial charge in [0.25, 0.3) is 17.8 Å². The van der Waals surface area contributed by atoms with Gasteiger partial charge in [0.05, 0.1) is 12.5 Å². The fourth-order valence-electron chi connectivity index (χ4n) is 6.01. The van der Waals surface area contributed by atoms with E-state index < -0.39 is 46.4 Å². The second-order valence-corrected chi connectivity index (χ2v) is 14.6. The molecule has 1 unspecified atom stereocenters. The lowest BCUT2D eigenvalue weighted by Crippen LogP contribution is -2.70. The largest absolute Gasteiger partial charge is 0.481 e. The summed E-state index contributed by atoms with van der Waals surface area (Å²) >= 11 is 1.26. The number of hydrogen-bond acceptors (Lipinski definition) is 11. The summed E-state index contributed by atoms with van der Waals surface area (Å²) in [5.74, 6) is -2.18. The fraction of sp³-hybridized carbons (Fsp3) is 0.297. The number of H-pyrrole nitrogens is 1. The second kappa shape index (κ2) is 14.3. The maximum absolute atomic E-state index is 14.1. The normalized spacial score (nSPS) is 17.5. The first kappa shape index (κ1) is 35.9. The monoisotopic (exact) mass is 721 g/mol. The molecule has 3 aromatic carbocycles. The van der Waals surface area contributed by atoms with Crippen molar-refractivity contribution in [2.75, 3.05) is 10.2 Å². The molecule has 5 aromatic rings. The molecule has 3 atom stereocenters. The molecule has 6 rings (SSSR count). The molecule has 3 heterocycles. The van der Waals surface area contributed by atoms with Crippen LogP contribution in [0.4, 0.5) is 11.1 Å². The van der Waals surface area contributed by atoms with Crippen LogP contribution in [-0.2, 0) is 24.8 Å². The first-order valence-electron chi connectivity index (χ1n) is 16.6. The summed E-state index contributed by atoms with van der Waals surface area (Å²) < 4.78 is 0.